The second-order valence-corrected chi connectivity index (χ2v) is 5.46. The predicted octanol–water partition coefficient (Wildman–Crippen LogP) is 1.17. The van der Waals surface area contributed by atoms with E-state index in [1.54, 1.807) is 7.11 Å². The molecule has 5 nitrogen and oxygen atoms in total. The Kier molecular flexibility index (Phi) is 5.99. The summed E-state index contributed by atoms with van der Waals surface area (Å²) in [6.45, 7) is 4.30. The van der Waals surface area contributed by atoms with Crippen LogP contribution in [0.5, 0.6) is 5.75 Å². The Morgan fingerprint density at radius 1 is 1.52 bits per heavy atom. The maximum Gasteiger partial charge on any atom is 0.119 e. The fraction of sp³-hybridized carbons (Fsp3) is 0.625. The lowest BCUT2D eigenvalue weighted by Gasteiger charge is -2.40. The van der Waals surface area contributed by atoms with Gasteiger partial charge >= 0.3 is 0 Å². The molecule has 118 valence electrons. The Bertz CT molecular complexity index is 441. The Hall–Kier alpha value is -1.14. The van der Waals surface area contributed by atoms with Gasteiger partial charge in [0.05, 0.1) is 32.5 Å². The van der Waals surface area contributed by atoms with Crippen LogP contribution in [0.25, 0.3) is 0 Å². The summed E-state index contributed by atoms with van der Waals surface area (Å²) in [5, 5.41) is 9.34. The highest BCUT2D eigenvalue weighted by molar-refractivity contribution is 5.31. The van der Waals surface area contributed by atoms with E-state index >= 15 is 0 Å². The minimum absolute atomic E-state index is 0.0366. The molecule has 1 saturated heterocycles. The first-order chi connectivity index (χ1) is 10.2. The summed E-state index contributed by atoms with van der Waals surface area (Å²) in [4.78, 5) is 2.31. The Balaban J connectivity index is 2.24. The van der Waals surface area contributed by atoms with Crippen LogP contribution >= 0.6 is 0 Å². The zero-order valence-electron chi connectivity index (χ0n) is 12.9. The number of hydrogen-bond acceptors (Lipinski definition) is 5. The molecule has 0 aliphatic carbocycles. The molecule has 1 aliphatic heterocycles. The molecule has 3 unspecified atom stereocenters. The second kappa shape index (κ2) is 7.75. The summed E-state index contributed by atoms with van der Waals surface area (Å²) < 4.78 is 10.9. The minimum atomic E-state index is -0.129. The molecule has 1 heterocycles. The molecule has 3 atom stereocenters. The van der Waals surface area contributed by atoms with Crippen LogP contribution in [0.1, 0.15) is 24.9 Å². The summed E-state index contributed by atoms with van der Waals surface area (Å²) in [6.07, 6.45) is 0.763. The largest absolute Gasteiger partial charge is 0.497 e. The predicted molar refractivity (Wildman–Crippen MR) is 82.4 cm³/mol. The van der Waals surface area contributed by atoms with E-state index in [9.17, 15) is 5.11 Å². The zero-order valence-corrected chi connectivity index (χ0v) is 12.9. The lowest BCUT2D eigenvalue weighted by atomic mass is 9.95. The van der Waals surface area contributed by atoms with Gasteiger partial charge in [-0.05, 0) is 24.1 Å². The quantitative estimate of drug-likeness (QED) is 0.824. The lowest BCUT2D eigenvalue weighted by molar-refractivity contribution is -0.0682. The Morgan fingerprint density at radius 3 is 3.00 bits per heavy atom. The molecule has 2 rings (SSSR count). The molecule has 3 N–H and O–H groups in total. The Labute approximate surface area is 126 Å². The summed E-state index contributed by atoms with van der Waals surface area (Å²) in [5.41, 5.74) is 7.53. The molecular weight excluding hydrogens is 268 g/mol. The van der Waals surface area contributed by atoms with Crippen molar-refractivity contribution in [3.63, 3.8) is 0 Å². The third-order valence-corrected chi connectivity index (χ3v) is 4.08. The van der Waals surface area contributed by atoms with Gasteiger partial charge in [-0.15, -0.1) is 0 Å². The van der Waals surface area contributed by atoms with Gasteiger partial charge in [-0.3, -0.25) is 4.90 Å². The van der Waals surface area contributed by atoms with Crippen molar-refractivity contribution >= 4 is 0 Å². The van der Waals surface area contributed by atoms with Gasteiger partial charge in [0.25, 0.3) is 0 Å². The molecular formula is C16H26N2O3. The smallest absolute Gasteiger partial charge is 0.119 e. The zero-order chi connectivity index (χ0) is 15.2. The van der Waals surface area contributed by atoms with Crippen molar-refractivity contribution in [3.8, 4) is 5.75 Å². The lowest BCUT2D eigenvalue weighted by Crippen LogP contribution is -2.50. The SMILES string of the molecule is CCC(N)C(c1cccc(OC)c1)N1CCOC(CO)C1. The minimum Gasteiger partial charge on any atom is -0.497 e. The number of hydrogen-bond donors (Lipinski definition) is 2. The topological polar surface area (TPSA) is 68.0 Å². The number of nitrogens with zero attached hydrogens (tertiary/aromatic N) is 1. The summed E-state index contributed by atoms with van der Waals surface area (Å²) >= 11 is 0. The molecule has 1 aromatic carbocycles. The molecule has 21 heavy (non-hydrogen) atoms. The van der Waals surface area contributed by atoms with Crippen LogP contribution in [0, 0.1) is 0 Å². The van der Waals surface area contributed by atoms with E-state index in [2.05, 4.69) is 17.9 Å². The average Bonchev–Trinajstić information content (AvgIpc) is 2.55. The molecule has 0 aromatic heterocycles. The maximum absolute atomic E-state index is 9.34. The first-order valence-corrected chi connectivity index (χ1v) is 7.55. The monoisotopic (exact) mass is 294 g/mol. The average molecular weight is 294 g/mol. The normalized spacial score (nSPS) is 22.8. The maximum atomic E-state index is 9.34. The van der Waals surface area contributed by atoms with Crippen LogP contribution in [-0.2, 0) is 4.74 Å². The molecule has 1 aliphatic rings. The van der Waals surface area contributed by atoms with Crippen LogP contribution < -0.4 is 10.5 Å². The standard InChI is InChI=1S/C16H26N2O3/c1-3-15(17)16(12-5-4-6-13(9-12)20-2)18-7-8-21-14(10-18)11-19/h4-6,9,14-16,19H,3,7-8,10-11,17H2,1-2H3. The molecule has 0 amide bonds. The third-order valence-electron chi connectivity index (χ3n) is 4.08. The number of nitrogens with two attached hydrogens (primary N) is 1. The van der Waals surface area contributed by atoms with Gasteiger partial charge in [0.1, 0.15) is 5.75 Å². The van der Waals surface area contributed by atoms with Crippen LogP contribution in [-0.4, -0.2) is 55.6 Å². The highest BCUT2D eigenvalue weighted by Crippen LogP contribution is 2.29. The fourth-order valence-corrected chi connectivity index (χ4v) is 2.88. The number of methoxy groups -OCH3 is 1. The van der Waals surface area contributed by atoms with E-state index in [4.69, 9.17) is 15.2 Å². The van der Waals surface area contributed by atoms with Gasteiger partial charge in [0, 0.05) is 19.1 Å². The molecule has 0 bridgehead atoms. The molecule has 0 radical (unpaired) electrons. The van der Waals surface area contributed by atoms with Crippen LogP contribution in [0.4, 0.5) is 0 Å². The molecule has 0 saturated carbocycles. The highest BCUT2D eigenvalue weighted by Gasteiger charge is 2.30. The first-order valence-electron chi connectivity index (χ1n) is 7.55. The second-order valence-electron chi connectivity index (χ2n) is 5.46. The van der Waals surface area contributed by atoms with Crippen molar-refractivity contribution in [2.45, 2.75) is 31.5 Å². The number of aliphatic hydroxyl groups excluding tert-OH is 1. The number of morpholine rings is 1. The van der Waals surface area contributed by atoms with Crippen molar-refractivity contribution in [1.82, 2.24) is 4.90 Å². The number of rotatable bonds is 6. The number of benzene rings is 1. The first kappa shape index (κ1) is 16.2. The van der Waals surface area contributed by atoms with E-state index in [0.29, 0.717) is 13.2 Å². The molecule has 5 heteroatoms. The van der Waals surface area contributed by atoms with Gasteiger partial charge in [0.2, 0.25) is 0 Å². The van der Waals surface area contributed by atoms with E-state index in [0.717, 1.165) is 24.3 Å². The molecule has 0 spiro atoms. The van der Waals surface area contributed by atoms with Crippen molar-refractivity contribution in [2.75, 3.05) is 33.4 Å². The number of ether oxygens (including phenoxy) is 2. The fourth-order valence-electron chi connectivity index (χ4n) is 2.88. The third kappa shape index (κ3) is 3.95. The number of aliphatic hydroxyl groups is 1. The van der Waals surface area contributed by atoms with E-state index in [1.165, 1.54) is 0 Å². The van der Waals surface area contributed by atoms with E-state index in [-0.39, 0.29) is 24.8 Å². The van der Waals surface area contributed by atoms with Gasteiger partial charge < -0.3 is 20.3 Å². The van der Waals surface area contributed by atoms with Gasteiger partial charge in [-0.25, -0.2) is 0 Å². The van der Waals surface area contributed by atoms with E-state index in [1.807, 2.05) is 18.2 Å². The van der Waals surface area contributed by atoms with Crippen LogP contribution in [0.2, 0.25) is 0 Å². The summed E-state index contributed by atoms with van der Waals surface area (Å²) in [5.74, 6) is 0.841. The molecule has 1 aromatic rings. The molecule has 1 fully saturated rings. The van der Waals surface area contributed by atoms with Crippen molar-refractivity contribution in [3.05, 3.63) is 29.8 Å². The van der Waals surface area contributed by atoms with Crippen molar-refractivity contribution < 1.29 is 14.6 Å². The summed E-state index contributed by atoms with van der Waals surface area (Å²) in [7, 11) is 1.67. The van der Waals surface area contributed by atoms with Crippen LogP contribution in [0.15, 0.2) is 24.3 Å². The highest BCUT2D eigenvalue weighted by atomic mass is 16.5. The van der Waals surface area contributed by atoms with Gasteiger partial charge in [0.15, 0.2) is 0 Å². The van der Waals surface area contributed by atoms with Crippen LogP contribution in [0.3, 0.4) is 0 Å². The summed E-state index contributed by atoms with van der Waals surface area (Å²) in [6, 6.07) is 8.22. The van der Waals surface area contributed by atoms with E-state index < -0.39 is 0 Å². The Morgan fingerprint density at radius 2 is 2.33 bits per heavy atom. The van der Waals surface area contributed by atoms with Crippen molar-refractivity contribution in [1.29, 1.82) is 0 Å². The van der Waals surface area contributed by atoms with Gasteiger partial charge in [-0.1, -0.05) is 19.1 Å². The van der Waals surface area contributed by atoms with Gasteiger partial charge in [-0.2, -0.15) is 0 Å². The van der Waals surface area contributed by atoms with Crippen molar-refractivity contribution in [2.24, 2.45) is 5.73 Å².